The number of phenols is 1. The van der Waals surface area contributed by atoms with Gasteiger partial charge < -0.3 is 5.11 Å². The van der Waals surface area contributed by atoms with Gasteiger partial charge in [0.1, 0.15) is 11.6 Å². The van der Waals surface area contributed by atoms with Crippen LogP contribution in [-0.4, -0.2) is 19.6 Å². The molecule has 0 bridgehead atoms. The Morgan fingerprint density at radius 2 is 1.22 bits per heavy atom. The predicted octanol–water partition coefficient (Wildman–Crippen LogP) is 15.1. The first-order chi connectivity index (χ1) is 32.1. The average molecular weight is 1010 g/mol. The Kier molecular flexibility index (Phi) is 9.80. The van der Waals surface area contributed by atoms with E-state index in [1.165, 1.54) is 0 Å². The summed E-state index contributed by atoms with van der Waals surface area (Å²) >= 11 is 0. The summed E-state index contributed by atoms with van der Waals surface area (Å²) in [7, 11) is 0. The molecule has 316 valence electrons. The van der Waals surface area contributed by atoms with Crippen molar-refractivity contribution in [3.05, 3.63) is 192 Å². The van der Waals surface area contributed by atoms with Gasteiger partial charge in [0, 0.05) is 46.7 Å². The van der Waals surface area contributed by atoms with Crippen LogP contribution in [0.2, 0.25) is 0 Å². The molecule has 4 nitrogen and oxygen atoms in total. The fourth-order valence-electron chi connectivity index (χ4n) is 8.16. The zero-order valence-electron chi connectivity index (χ0n) is 42.2. The van der Waals surface area contributed by atoms with Crippen molar-refractivity contribution < 1.29 is 34.4 Å². The standard InChI is InChI=1S/C58H52N3O.Pt/c1-37-22-24-41(25-23-37)43-28-29-59-51(34-43)46-32-44(40-18-13-10-14-19-40)31-45(33-46)48-20-15-21-53-54(48)60-56(49-35-47(57(3,4)5)36-50(55(49)62)58(6,7)8)61(53)52-27-26-42(30-38(52)2)39-16-11-9-12-17-39;/h9-32,34-36,62H,1-8H3;/q-1;/i1D3,2D3;. The Balaban J connectivity index is 0.00000642. The molecule has 0 radical (unpaired) electrons. The van der Waals surface area contributed by atoms with Crippen LogP contribution in [-0.2, 0) is 31.9 Å². The van der Waals surface area contributed by atoms with Crippen molar-refractivity contribution in [2.24, 2.45) is 0 Å². The average Bonchev–Trinajstić information content (AvgIpc) is 3.70. The molecule has 2 heterocycles. The zero-order chi connectivity index (χ0) is 48.3. The van der Waals surface area contributed by atoms with E-state index in [4.69, 9.17) is 18.2 Å². The van der Waals surface area contributed by atoms with Crippen molar-refractivity contribution in [1.82, 2.24) is 14.5 Å². The van der Waals surface area contributed by atoms with Crippen molar-refractivity contribution in [3.8, 4) is 78.6 Å². The Morgan fingerprint density at radius 3 is 1.89 bits per heavy atom. The van der Waals surface area contributed by atoms with Gasteiger partial charge in [-0.15, -0.1) is 23.8 Å². The molecule has 0 fully saturated rings. The van der Waals surface area contributed by atoms with Crippen molar-refractivity contribution in [2.45, 2.75) is 66.1 Å². The van der Waals surface area contributed by atoms with Gasteiger partial charge in [-0.2, -0.15) is 0 Å². The summed E-state index contributed by atoms with van der Waals surface area (Å²) in [6.07, 6.45) is 1.75. The second kappa shape index (κ2) is 17.1. The number of nitrogens with zero attached hydrogens (tertiary/aromatic N) is 3. The van der Waals surface area contributed by atoms with E-state index in [0.29, 0.717) is 33.8 Å². The minimum Gasteiger partial charge on any atom is -0.507 e. The number of phenolic OH excluding ortho intramolecular Hbond substituents is 1. The maximum absolute atomic E-state index is 12.4. The second-order valence-electron chi connectivity index (χ2n) is 18.0. The summed E-state index contributed by atoms with van der Waals surface area (Å²) in [5.74, 6) is 0.483. The first-order valence-corrected chi connectivity index (χ1v) is 21.0. The van der Waals surface area contributed by atoms with Crippen LogP contribution in [0.1, 0.15) is 72.0 Å². The fourth-order valence-corrected chi connectivity index (χ4v) is 8.16. The van der Waals surface area contributed by atoms with E-state index in [0.717, 1.165) is 61.2 Å². The molecule has 9 aromatic rings. The summed E-state index contributed by atoms with van der Waals surface area (Å²) in [5, 5.41) is 12.4. The number of imidazole rings is 1. The van der Waals surface area contributed by atoms with E-state index >= 15 is 0 Å². The number of rotatable bonds is 7. The molecule has 0 amide bonds. The first kappa shape index (κ1) is 36.2. The molecule has 1 N–H and O–H groups in total. The molecule has 0 atom stereocenters. The normalized spacial score (nSPS) is 13.6. The summed E-state index contributed by atoms with van der Waals surface area (Å²) in [6, 6.07) is 54.0. The van der Waals surface area contributed by atoms with Gasteiger partial charge in [-0.1, -0.05) is 179 Å². The Labute approximate surface area is 395 Å². The molecule has 0 aliphatic carbocycles. The third kappa shape index (κ3) is 8.58. The molecule has 0 spiro atoms. The molecular formula is C58H52N3OPt-. The van der Waals surface area contributed by atoms with Gasteiger partial charge in [-0.25, -0.2) is 4.98 Å². The Hall–Kier alpha value is -6.35. The Bertz CT molecular complexity index is 3330. The topological polar surface area (TPSA) is 50.9 Å². The number of aromatic nitrogens is 3. The van der Waals surface area contributed by atoms with Crippen LogP contribution < -0.4 is 0 Å². The van der Waals surface area contributed by atoms with E-state index in [-0.39, 0.29) is 43.4 Å². The van der Waals surface area contributed by atoms with Gasteiger partial charge in [0.2, 0.25) is 0 Å². The van der Waals surface area contributed by atoms with Gasteiger partial charge in [-0.3, -0.25) is 9.55 Å². The monoisotopic (exact) mass is 1010 g/mol. The summed E-state index contributed by atoms with van der Waals surface area (Å²) in [5.41, 5.74) is 11.7. The summed E-state index contributed by atoms with van der Waals surface area (Å²) < 4.78 is 52.3. The minimum atomic E-state index is -2.52. The molecule has 0 aliphatic heterocycles. The van der Waals surface area contributed by atoms with Gasteiger partial charge >= 0.3 is 0 Å². The number of para-hydroxylation sites is 1. The zero-order valence-corrected chi connectivity index (χ0v) is 38.5. The number of benzene rings is 7. The van der Waals surface area contributed by atoms with Crippen LogP contribution in [0.5, 0.6) is 5.75 Å². The summed E-state index contributed by atoms with van der Waals surface area (Å²) in [6.45, 7) is 7.90. The smallest absolute Gasteiger partial charge is 0.148 e. The quantitative estimate of drug-likeness (QED) is 0.162. The molecule has 63 heavy (non-hydrogen) atoms. The van der Waals surface area contributed by atoms with E-state index in [1.807, 2.05) is 114 Å². The molecule has 0 saturated carbocycles. The van der Waals surface area contributed by atoms with Gasteiger partial charge in [0.05, 0.1) is 22.3 Å². The number of hydrogen-bond donors (Lipinski definition) is 1. The second-order valence-corrected chi connectivity index (χ2v) is 18.0. The van der Waals surface area contributed by atoms with Crippen LogP contribution >= 0.6 is 0 Å². The predicted molar refractivity (Wildman–Crippen MR) is 259 cm³/mol. The fraction of sp³-hybridized carbons (Fsp3) is 0.172. The largest absolute Gasteiger partial charge is 0.507 e. The van der Waals surface area contributed by atoms with Crippen LogP contribution in [0.15, 0.2) is 164 Å². The molecular weight excluding hydrogens is 950 g/mol. The maximum Gasteiger partial charge on any atom is 0.148 e. The van der Waals surface area contributed by atoms with E-state index in [9.17, 15) is 5.11 Å². The third-order valence-corrected chi connectivity index (χ3v) is 11.6. The van der Waals surface area contributed by atoms with Crippen molar-refractivity contribution in [2.75, 3.05) is 0 Å². The molecule has 9 rings (SSSR count). The molecule has 0 saturated heterocycles. The van der Waals surface area contributed by atoms with Crippen molar-refractivity contribution >= 4 is 11.0 Å². The van der Waals surface area contributed by atoms with Crippen molar-refractivity contribution in [1.29, 1.82) is 0 Å². The molecule has 0 aliphatic rings. The number of fused-ring (bicyclic) bond motifs is 1. The molecule has 0 unspecified atom stereocenters. The van der Waals surface area contributed by atoms with Gasteiger partial charge in [0.15, 0.2) is 0 Å². The van der Waals surface area contributed by atoms with Crippen LogP contribution in [0.25, 0.3) is 83.9 Å². The van der Waals surface area contributed by atoms with Gasteiger partial charge in [0.25, 0.3) is 0 Å². The van der Waals surface area contributed by atoms with Gasteiger partial charge in [-0.05, 0) is 93.8 Å². The van der Waals surface area contributed by atoms with Crippen molar-refractivity contribution in [3.63, 3.8) is 0 Å². The maximum atomic E-state index is 12.4. The SMILES string of the molecule is [2H]C([2H])([2H])c1ccc(-c2ccnc(-c3[c-]c(-c4cccc5c4nc(-c4cc(C(C)(C)C)cc(C(C)(C)C)c4O)n5-c4ccc(-c5ccccc5)cc4C([2H])([2H])[2H])cc(-c4ccccc4)c3)c2)cc1.[Pt]. The molecule has 5 heteroatoms. The molecule has 2 aromatic heterocycles. The van der Waals surface area contributed by atoms with E-state index < -0.39 is 19.1 Å². The third-order valence-electron chi connectivity index (χ3n) is 11.6. The Morgan fingerprint density at radius 1 is 0.571 bits per heavy atom. The van der Waals surface area contributed by atoms with Crippen LogP contribution in [0.3, 0.4) is 0 Å². The number of hydrogen-bond acceptors (Lipinski definition) is 3. The number of pyridine rings is 1. The number of aryl methyl sites for hydroxylation is 2. The summed E-state index contributed by atoms with van der Waals surface area (Å²) in [4.78, 5) is 10.3. The van der Waals surface area contributed by atoms with Crippen LogP contribution in [0, 0.1) is 19.8 Å². The minimum absolute atomic E-state index is 0. The van der Waals surface area contributed by atoms with Crippen LogP contribution in [0.4, 0.5) is 0 Å². The van der Waals surface area contributed by atoms with E-state index in [2.05, 4.69) is 77.9 Å². The van der Waals surface area contributed by atoms with E-state index in [1.54, 1.807) is 24.4 Å². The first-order valence-electron chi connectivity index (χ1n) is 24.0. The number of aromatic hydroxyl groups is 1. The molecule has 7 aromatic carbocycles.